The van der Waals surface area contributed by atoms with Crippen molar-refractivity contribution < 1.29 is 18.8 Å². The van der Waals surface area contributed by atoms with Crippen molar-refractivity contribution in [2.24, 2.45) is 23.6 Å². The van der Waals surface area contributed by atoms with Gasteiger partial charge in [0, 0.05) is 99.6 Å². The third-order valence-corrected chi connectivity index (χ3v) is 15.6. The molecule has 67 heavy (non-hydrogen) atoms. The van der Waals surface area contributed by atoms with Crippen molar-refractivity contribution >= 4 is 51.6 Å². The van der Waals surface area contributed by atoms with Gasteiger partial charge in [-0.15, -0.1) is 0 Å². The van der Waals surface area contributed by atoms with Gasteiger partial charge in [-0.05, 0) is 74.6 Å². The first-order valence-corrected chi connectivity index (χ1v) is 23.4. The van der Waals surface area contributed by atoms with Gasteiger partial charge in [-0.25, -0.2) is 23.7 Å². The maximum atomic E-state index is 16.2. The fraction of sp³-hybridized carbons (Fsp3) is 0.479. The number of piperazine rings is 1. The summed E-state index contributed by atoms with van der Waals surface area (Å²) in [7, 11) is 1.67. The lowest BCUT2D eigenvalue weighted by Crippen LogP contribution is -2.52. The number of hydrogen-bond donors (Lipinski definition) is 2. The molecule has 4 amide bonds. The van der Waals surface area contributed by atoms with Gasteiger partial charge in [-0.2, -0.15) is 20.6 Å². The number of rotatable bonds is 10. The van der Waals surface area contributed by atoms with Gasteiger partial charge in [-0.1, -0.05) is 20.8 Å². The predicted octanol–water partition coefficient (Wildman–Crippen LogP) is 5.81. The number of anilines is 3. The van der Waals surface area contributed by atoms with E-state index in [9.17, 15) is 19.6 Å². The number of halogens is 1. The van der Waals surface area contributed by atoms with Crippen molar-refractivity contribution in [3.63, 3.8) is 0 Å². The molecular weight excluding hydrogens is 854 g/mol. The average Bonchev–Trinajstić information content (AvgIpc) is 4.09. The number of aryl methyl sites for hydroxylation is 1. The molecule has 0 atom stereocenters. The SMILES string of the molecule is CCC1(C(C)(C)C(N)=O)CCN(c2ccc(-c3nc(-c4cnn(C5CCC(N6CCN(c7ccc8c(N9CCC(=O)NC9=O)nn(C)c8c7F)CC6)CC5)c4)cn4ncc(C#N)c34)cn2)CC1. The Labute approximate surface area is 387 Å². The number of nitrogens with two attached hydrogens (primary N) is 1. The summed E-state index contributed by atoms with van der Waals surface area (Å²) in [5.74, 6) is 0.234. The molecule has 1 aliphatic carbocycles. The predicted molar refractivity (Wildman–Crippen MR) is 251 cm³/mol. The molecule has 4 fully saturated rings. The first-order chi connectivity index (χ1) is 32.3. The molecule has 10 rings (SSSR count). The molecule has 348 valence electrons. The van der Waals surface area contributed by atoms with Gasteiger partial charge in [0.05, 0.1) is 41.7 Å². The Morgan fingerprint density at radius 3 is 2.33 bits per heavy atom. The number of pyridine rings is 1. The number of carbonyl (C=O) groups is 3. The number of urea groups is 1. The number of carbonyl (C=O) groups excluding carboxylic acids is 3. The Balaban J connectivity index is 0.784. The highest BCUT2D eigenvalue weighted by Crippen LogP contribution is 2.50. The van der Waals surface area contributed by atoms with Gasteiger partial charge in [0.25, 0.3) is 0 Å². The second-order valence-electron chi connectivity index (χ2n) is 19.1. The van der Waals surface area contributed by atoms with Gasteiger partial charge in [0.15, 0.2) is 11.6 Å². The molecule has 3 saturated heterocycles. The standard InChI is InChI=1S/C48H56FN15O3/c1-5-48(47(2,3)45(51)66)15-18-61(19-16-48)38-13-6-30(25-52-38)41-42-31(24-50)26-54-64(42)29-36(55-41)32-27-53-63(28-32)34-9-7-33(8-10-34)59-20-22-60(23-21-59)37-12-11-35-43(40(37)49)58(4)57-44(35)62-17-14-39(65)56-46(62)67/h6,11-13,25-29,33-34H,5,7-10,14-23H2,1-4H3,(H2,51,66)(H,56,65,67). The lowest BCUT2D eigenvalue weighted by molar-refractivity contribution is -0.135. The van der Waals surface area contributed by atoms with Gasteiger partial charge in [0.1, 0.15) is 28.5 Å². The third kappa shape index (κ3) is 7.60. The molecule has 3 aliphatic heterocycles. The van der Waals surface area contributed by atoms with Gasteiger partial charge < -0.3 is 15.5 Å². The quantitative estimate of drug-likeness (QED) is 0.167. The number of imide groups is 1. The van der Waals surface area contributed by atoms with E-state index < -0.39 is 11.4 Å². The average molecular weight is 910 g/mol. The summed E-state index contributed by atoms with van der Waals surface area (Å²) in [6.07, 6.45) is 15.9. The number of primary amides is 1. The minimum absolute atomic E-state index is 0.161. The first kappa shape index (κ1) is 43.9. The fourth-order valence-electron chi connectivity index (χ4n) is 11.2. The summed E-state index contributed by atoms with van der Waals surface area (Å²) in [5.41, 5.74) is 9.92. The van der Waals surface area contributed by atoms with E-state index in [0.717, 1.165) is 88.1 Å². The van der Waals surface area contributed by atoms with Crippen LogP contribution in [0.25, 0.3) is 38.9 Å². The van der Waals surface area contributed by atoms with E-state index in [1.165, 1.54) is 9.58 Å². The Hall–Kier alpha value is -6.94. The Morgan fingerprint density at radius 2 is 1.66 bits per heavy atom. The van der Waals surface area contributed by atoms with Crippen LogP contribution in [0.15, 0.2) is 55.2 Å². The van der Waals surface area contributed by atoms with Crippen molar-refractivity contribution in [1.82, 2.24) is 49.4 Å². The normalized spacial score (nSPS) is 20.7. The van der Waals surface area contributed by atoms with Crippen LogP contribution in [0.1, 0.15) is 83.7 Å². The second-order valence-corrected chi connectivity index (χ2v) is 19.1. The number of fused-ring (bicyclic) bond motifs is 2. The number of aromatic nitrogens is 8. The highest BCUT2D eigenvalue weighted by molar-refractivity contribution is 6.09. The van der Waals surface area contributed by atoms with Crippen LogP contribution in [0.2, 0.25) is 0 Å². The van der Waals surface area contributed by atoms with Gasteiger partial charge in [-0.3, -0.25) is 34.1 Å². The summed E-state index contributed by atoms with van der Waals surface area (Å²) < 4.78 is 21.5. The third-order valence-electron chi connectivity index (χ3n) is 15.6. The van der Waals surface area contributed by atoms with Crippen molar-refractivity contribution in [3.8, 4) is 28.6 Å². The van der Waals surface area contributed by atoms with E-state index in [-0.39, 0.29) is 42.1 Å². The number of benzene rings is 1. The summed E-state index contributed by atoms with van der Waals surface area (Å²) in [6, 6.07) is 9.99. The van der Waals surface area contributed by atoms with Crippen molar-refractivity contribution in [2.45, 2.75) is 84.2 Å². The van der Waals surface area contributed by atoms with E-state index in [2.05, 4.69) is 54.1 Å². The first-order valence-electron chi connectivity index (χ1n) is 23.4. The fourth-order valence-corrected chi connectivity index (χ4v) is 11.2. The van der Waals surface area contributed by atoms with Crippen LogP contribution in [-0.4, -0.2) is 114 Å². The molecule has 0 bridgehead atoms. The molecule has 0 radical (unpaired) electrons. The highest BCUT2D eigenvalue weighted by atomic mass is 19.1. The zero-order chi connectivity index (χ0) is 46.8. The van der Waals surface area contributed by atoms with Crippen molar-refractivity contribution in [2.75, 3.05) is 60.5 Å². The Morgan fingerprint density at radius 1 is 0.910 bits per heavy atom. The number of hydrogen-bond acceptors (Lipinski definition) is 12. The molecule has 0 unspecified atom stereocenters. The van der Waals surface area contributed by atoms with Crippen LogP contribution in [0.5, 0.6) is 0 Å². The maximum Gasteiger partial charge on any atom is 0.329 e. The molecule has 0 spiro atoms. The van der Waals surface area contributed by atoms with E-state index in [4.69, 9.17) is 20.8 Å². The number of nitrogens with one attached hydrogen (secondary N) is 1. The minimum Gasteiger partial charge on any atom is -0.369 e. The second kappa shape index (κ2) is 17.0. The summed E-state index contributed by atoms with van der Waals surface area (Å²) in [5, 5.41) is 26.7. The van der Waals surface area contributed by atoms with Crippen molar-refractivity contribution in [1.29, 1.82) is 5.26 Å². The molecule has 19 heteroatoms. The smallest absolute Gasteiger partial charge is 0.329 e. The van der Waals surface area contributed by atoms with Gasteiger partial charge in [0.2, 0.25) is 11.8 Å². The molecule has 18 nitrogen and oxygen atoms in total. The zero-order valence-electron chi connectivity index (χ0n) is 38.5. The summed E-state index contributed by atoms with van der Waals surface area (Å²) >= 11 is 0. The van der Waals surface area contributed by atoms with Crippen molar-refractivity contribution in [3.05, 3.63) is 66.6 Å². The molecule has 4 aliphatic rings. The molecule has 5 aromatic heterocycles. The van der Waals surface area contributed by atoms with Crippen LogP contribution in [0.3, 0.4) is 0 Å². The number of nitrogens with zero attached hydrogens (tertiary/aromatic N) is 13. The highest BCUT2D eigenvalue weighted by Gasteiger charge is 2.49. The summed E-state index contributed by atoms with van der Waals surface area (Å²) in [6.45, 7) is 10.8. The Kier molecular flexibility index (Phi) is 11.2. The summed E-state index contributed by atoms with van der Waals surface area (Å²) in [4.78, 5) is 55.0. The molecule has 6 aromatic rings. The van der Waals surface area contributed by atoms with E-state index in [0.29, 0.717) is 64.0 Å². The Bertz CT molecular complexity index is 2920. The maximum absolute atomic E-state index is 16.2. The zero-order valence-corrected chi connectivity index (χ0v) is 38.5. The molecule has 8 heterocycles. The lowest BCUT2D eigenvalue weighted by atomic mass is 9.58. The monoisotopic (exact) mass is 909 g/mol. The largest absolute Gasteiger partial charge is 0.369 e. The van der Waals surface area contributed by atoms with E-state index in [1.54, 1.807) is 23.8 Å². The van der Waals surface area contributed by atoms with Crippen LogP contribution in [0, 0.1) is 28.0 Å². The molecule has 1 aromatic carbocycles. The van der Waals surface area contributed by atoms with Crippen LogP contribution in [-0.2, 0) is 16.6 Å². The topological polar surface area (TPSA) is 205 Å². The number of amides is 4. The van der Waals surface area contributed by atoms with Crippen LogP contribution < -0.4 is 25.8 Å². The van der Waals surface area contributed by atoms with Crippen LogP contribution >= 0.6 is 0 Å². The van der Waals surface area contributed by atoms with Gasteiger partial charge >= 0.3 is 6.03 Å². The molecule has 3 N–H and O–H groups in total. The van der Waals surface area contributed by atoms with E-state index >= 15 is 4.39 Å². The van der Waals surface area contributed by atoms with E-state index in [1.807, 2.05) is 50.6 Å². The minimum atomic E-state index is -0.605. The molecule has 1 saturated carbocycles. The lowest BCUT2D eigenvalue weighted by Gasteiger charge is -2.50. The van der Waals surface area contributed by atoms with Crippen LogP contribution in [0.4, 0.5) is 26.5 Å². The molecular formula is C48H56FN15O3. The number of nitriles is 1. The number of piperidine rings is 1.